The van der Waals surface area contributed by atoms with Crippen molar-refractivity contribution in [1.29, 1.82) is 0 Å². The number of aromatic nitrogens is 4. The van der Waals surface area contributed by atoms with Crippen LogP contribution in [0.5, 0.6) is 0 Å². The number of nitrogens with one attached hydrogen (secondary N) is 1. The molecule has 3 heterocycles. The lowest BCUT2D eigenvalue weighted by atomic mass is 10.2. The van der Waals surface area contributed by atoms with Gasteiger partial charge in [-0.2, -0.15) is 31.3 Å². The second-order valence-corrected chi connectivity index (χ2v) is 7.05. The third-order valence-corrected chi connectivity index (χ3v) is 4.76. The van der Waals surface area contributed by atoms with Gasteiger partial charge >= 0.3 is 18.0 Å². The maximum Gasteiger partial charge on any atom is 0.433 e. The molecule has 0 saturated heterocycles. The Morgan fingerprint density at radius 2 is 1.58 bits per heavy atom. The van der Waals surface area contributed by atoms with Gasteiger partial charge in [-0.25, -0.2) is 14.3 Å². The van der Waals surface area contributed by atoms with Crippen molar-refractivity contribution in [1.82, 2.24) is 19.5 Å². The van der Waals surface area contributed by atoms with Crippen molar-refractivity contribution in [2.75, 3.05) is 5.32 Å². The number of alkyl halides is 6. The maximum atomic E-state index is 13.3. The second kappa shape index (κ2) is 8.03. The van der Waals surface area contributed by atoms with Crippen LogP contribution < -0.4 is 11.0 Å². The Morgan fingerprint density at radius 1 is 0.879 bits per heavy atom. The fourth-order valence-electron chi connectivity index (χ4n) is 3.00. The fraction of sp³-hybridized carbons (Fsp3) is 0.100. The molecule has 13 heteroatoms. The highest BCUT2D eigenvalue weighted by Gasteiger charge is 2.34. The van der Waals surface area contributed by atoms with Crippen LogP contribution in [0.15, 0.2) is 59.5 Å². The zero-order chi connectivity index (χ0) is 24.0. The van der Waals surface area contributed by atoms with E-state index >= 15 is 0 Å². The van der Waals surface area contributed by atoms with Crippen LogP contribution in [0, 0.1) is 0 Å². The maximum absolute atomic E-state index is 13.3. The second-order valence-electron chi connectivity index (χ2n) is 6.65. The van der Waals surface area contributed by atoms with Crippen molar-refractivity contribution < 1.29 is 26.3 Å². The van der Waals surface area contributed by atoms with E-state index in [2.05, 4.69) is 20.3 Å². The molecule has 1 N–H and O–H groups in total. The molecule has 0 fully saturated rings. The molecule has 0 saturated carbocycles. The van der Waals surface area contributed by atoms with Gasteiger partial charge in [0, 0.05) is 11.9 Å². The lowest BCUT2D eigenvalue weighted by Gasteiger charge is -2.16. The predicted octanol–water partition coefficient (Wildman–Crippen LogP) is 5.61. The Balaban J connectivity index is 1.96. The van der Waals surface area contributed by atoms with Gasteiger partial charge in [-0.15, -0.1) is 0 Å². The van der Waals surface area contributed by atoms with E-state index < -0.39 is 35.1 Å². The molecule has 3 aromatic heterocycles. The summed E-state index contributed by atoms with van der Waals surface area (Å²) in [5, 5.41) is 2.52. The van der Waals surface area contributed by atoms with Crippen molar-refractivity contribution in [3.63, 3.8) is 0 Å². The Labute approximate surface area is 185 Å². The van der Waals surface area contributed by atoms with E-state index in [0.29, 0.717) is 12.1 Å². The lowest BCUT2D eigenvalue weighted by molar-refractivity contribution is -0.141. The van der Waals surface area contributed by atoms with E-state index in [1.54, 1.807) is 6.07 Å². The summed E-state index contributed by atoms with van der Waals surface area (Å²) in [5.74, 6) is -0.293. The lowest BCUT2D eigenvalue weighted by Crippen LogP contribution is -2.25. The minimum atomic E-state index is -4.82. The number of anilines is 2. The molecular weight excluding hydrogens is 476 g/mol. The standard InChI is InChI=1S/C20H10ClF6N5O/c21-12-3-1-2-4-13(12)32-17-11(5-6-14(30-17)19(22,23)24)16(31-18(32)33)29-10-7-8-28-15(9-10)20(25,26)27/h1-9H,(H,28,29,31,33). The van der Waals surface area contributed by atoms with Crippen LogP contribution in [0.2, 0.25) is 5.02 Å². The van der Waals surface area contributed by atoms with Crippen molar-refractivity contribution in [2.24, 2.45) is 0 Å². The molecule has 0 bridgehead atoms. The van der Waals surface area contributed by atoms with E-state index in [9.17, 15) is 31.1 Å². The molecule has 0 aliphatic heterocycles. The van der Waals surface area contributed by atoms with Crippen molar-refractivity contribution in [3.05, 3.63) is 81.6 Å². The number of halogens is 7. The molecule has 4 rings (SSSR count). The molecule has 6 nitrogen and oxygen atoms in total. The number of para-hydroxylation sites is 1. The van der Waals surface area contributed by atoms with E-state index in [1.807, 2.05) is 0 Å². The first-order chi connectivity index (χ1) is 15.4. The van der Waals surface area contributed by atoms with Crippen LogP contribution in [0.3, 0.4) is 0 Å². The van der Waals surface area contributed by atoms with Gasteiger partial charge in [0.1, 0.15) is 17.2 Å². The van der Waals surface area contributed by atoms with Crippen LogP contribution in [-0.2, 0) is 12.4 Å². The van der Waals surface area contributed by atoms with Gasteiger partial charge in [0.25, 0.3) is 0 Å². The number of fused-ring (bicyclic) bond motifs is 1. The molecule has 170 valence electrons. The van der Waals surface area contributed by atoms with E-state index in [-0.39, 0.29) is 27.6 Å². The van der Waals surface area contributed by atoms with E-state index in [4.69, 9.17) is 11.6 Å². The number of hydrogen-bond donors (Lipinski definition) is 1. The first-order valence-electron chi connectivity index (χ1n) is 9.01. The number of hydrogen-bond acceptors (Lipinski definition) is 5. The summed E-state index contributed by atoms with van der Waals surface area (Å²) in [6, 6.07) is 9.41. The van der Waals surface area contributed by atoms with Gasteiger partial charge < -0.3 is 5.32 Å². The summed E-state index contributed by atoms with van der Waals surface area (Å²) in [4.78, 5) is 23.5. The minimum Gasteiger partial charge on any atom is -0.339 e. The molecule has 0 atom stereocenters. The zero-order valence-electron chi connectivity index (χ0n) is 16.0. The molecule has 4 aromatic rings. The smallest absolute Gasteiger partial charge is 0.339 e. The van der Waals surface area contributed by atoms with Crippen molar-refractivity contribution in [2.45, 2.75) is 12.4 Å². The molecule has 0 unspecified atom stereocenters. The largest absolute Gasteiger partial charge is 0.433 e. The Bertz CT molecular complexity index is 1420. The summed E-state index contributed by atoms with van der Waals surface area (Å²) in [5.41, 5.74) is -4.08. The van der Waals surface area contributed by atoms with Gasteiger partial charge in [-0.3, -0.25) is 4.98 Å². The molecule has 0 radical (unpaired) electrons. The Hall–Kier alpha value is -3.67. The van der Waals surface area contributed by atoms with Gasteiger partial charge in [0.05, 0.1) is 16.1 Å². The SMILES string of the molecule is O=c1nc(Nc2ccnc(C(F)(F)F)c2)c2ccc(C(F)(F)F)nc2n1-c1ccccc1Cl. The summed E-state index contributed by atoms with van der Waals surface area (Å²) in [6.07, 6.45) is -8.67. The van der Waals surface area contributed by atoms with Crippen LogP contribution in [0.4, 0.5) is 37.8 Å². The molecule has 0 aliphatic carbocycles. The Morgan fingerprint density at radius 3 is 2.24 bits per heavy atom. The predicted molar refractivity (Wildman–Crippen MR) is 108 cm³/mol. The average molecular weight is 486 g/mol. The normalized spacial score (nSPS) is 12.2. The molecule has 33 heavy (non-hydrogen) atoms. The third kappa shape index (κ3) is 4.46. The van der Waals surface area contributed by atoms with Crippen molar-refractivity contribution in [3.8, 4) is 5.69 Å². The molecular formula is C20H10ClF6N5O. The molecule has 0 amide bonds. The third-order valence-electron chi connectivity index (χ3n) is 4.44. The zero-order valence-corrected chi connectivity index (χ0v) is 16.8. The number of pyridine rings is 2. The van der Waals surface area contributed by atoms with Gasteiger partial charge in [0.15, 0.2) is 5.65 Å². The Kier molecular flexibility index (Phi) is 5.48. The number of nitrogens with zero attached hydrogens (tertiary/aromatic N) is 4. The fourth-order valence-corrected chi connectivity index (χ4v) is 3.22. The summed E-state index contributed by atoms with van der Waals surface area (Å²) in [6.45, 7) is 0. The molecule has 0 spiro atoms. The van der Waals surface area contributed by atoms with Gasteiger partial charge in [-0.05, 0) is 36.4 Å². The quantitative estimate of drug-likeness (QED) is 0.382. The first kappa shape index (κ1) is 22.5. The summed E-state index contributed by atoms with van der Waals surface area (Å²) < 4.78 is 79.6. The van der Waals surface area contributed by atoms with Crippen LogP contribution >= 0.6 is 11.6 Å². The topological polar surface area (TPSA) is 72.7 Å². The van der Waals surface area contributed by atoms with Crippen LogP contribution in [0.25, 0.3) is 16.7 Å². The van der Waals surface area contributed by atoms with E-state index in [0.717, 1.165) is 16.8 Å². The first-order valence-corrected chi connectivity index (χ1v) is 9.39. The highest BCUT2D eigenvalue weighted by atomic mass is 35.5. The van der Waals surface area contributed by atoms with E-state index in [1.165, 1.54) is 24.3 Å². The summed E-state index contributed by atoms with van der Waals surface area (Å²) >= 11 is 6.12. The highest BCUT2D eigenvalue weighted by molar-refractivity contribution is 6.32. The van der Waals surface area contributed by atoms with Crippen LogP contribution in [0.1, 0.15) is 11.4 Å². The van der Waals surface area contributed by atoms with Crippen LogP contribution in [-0.4, -0.2) is 19.5 Å². The highest BCUT2D eigenvalue weighted by Crippen LogP contribution is 2.33. The number of benzene rings is 1. The molecule has 0 aliphatic rings. The monoisotopic (exact) mass is 485 g/mol. The van der Waals surface area contributed by atoms with Gasteiger partial charge in [-0.1, -0.05) is 23.7 Å². The molecule has 1 aromatic carbocycles. The number of rotatable bonds is 3. The van der Waals surface area contributed by atoms with Gasteiger partial charge in [0.2, 0.25) is 0 Å². The average Bonchev–Trinajstić information content (AvgIpc) is 2.73. The van der Waals surface area contributed by atoms with Crippen molar-refractivity contribution >= 4 is 34.1 Å². The minimum absolute atomic E-state index is 0.0308. The summed E-state index contributed by atoms with van der Waals surface area (Å²) in [7, 11) is 0.